The maximum atomic E-state index is 10.5. The molecule has 1 heterocycles. The summed E-state index contributed by atoms with van der Waals surface area (Å²) in [6, 6.07) is 4.16. The van der Waals surface area contributed by atoms with E-state index < -0.39 is 0 Å². The van der Waals surface area contributed by atoms with Gasteiger partial charge in [-0.2, -0.15) is 0 Å². The Morgan fingerprint density at radius 1 is 1.43 bits per heavy atom. The summed E-state index contributed by atoms with van der Waals surface area (Å²) in [6.07, 6.45) is 5.81. The molecule has 1 aliphatic carbocycles. The molecule has 0 aliphatic heterocycles. The normalized spacial score (nSPS) is 17.2. The van der Waals surface area contributed by atoms with Crippen LogP contribution in [0, 0.1) is 0 Å². The molecule has 0 aromatic carbocycles. The Balaban J connectivity index is 2.09. The number of nitrogens with zero attached hydrogens (tertiary/aromatic N) is 1. The van der Waals surface area contributed by atoms with Gasteiger partial charge in [0.1, 0.15) is 0 Å². The first-order valence-corrected chi connectivity index (χ1v) is 5.09. The third-order valence-electron chi connectivity index (χ3n) is 2.95. The smallest absolute Gasteiger partial charge is 0.196 e. The third kappa shape index (κ3) is 1.67. The van der Waals surface area contributed by atoms with Gasteiger partial charge in [-0.15, -0.1) is 0 Å². The standard InChI is InChI=1S/C11H15NO2/c1-12(9-4-2-3-5-9)11-7-6-10(8-13)14-11/h6-9H,2-5H2,1H3. The van der Waals surface area contributed by atoms with E-state index in [2.05, 4.69) is 4.90 Å². The van der Waals surface area contributed by atoms with E-state index >= 15 is 0 Å². The van der Waals surface area contributed by atoms with Crippen LogP contribution in [-0.2, 0) is 0 Å². The molecule has 3 heteroatoms. The SMILES string of the molecule is CN(c1ccc(C=O)o1)C1CCCC1. The number of anilines is 1. The lowest BCUT2D eigenvalue weighted by molar-refractivity contribution is 0.110. The van der Waals surface area contributed by atoms with Crippen molar-refractivity contribution in [2.45, 2.75) is 31.7 Å². The van der Waals surface area contributed by atoms with Crippen LogP contribution in [0.1, 0.15) is 36.2 Å². The number of rotatable bonds is 3. The molecular weight excluding hydrogens is 178 g/mol. The number of carbonyl (C=O) groups is 1. The van der Waals surface area contributed by atoms with Crippen LogP contribution in [0.4, 0.5) is 5.88 Å². The Morgan fingerprint density at radius 2 is 2.14 bits per heavy atom. The predicted molar refractivity (Wildman–Crippen MR) is 54.8 cm³/mol. The highest BCUT2D eigenvalue weighted by Crippen LogP contribution is 2.27. The summed E-state index contributed by atoms with van der Waals surface area (Å²) < 4.78 is 5.36. The maximum Gasteiger partial charge on any atom is 0.196 e. The highest BCUT2D eigenvalue weighted by atomic mass is 16.4. The van der Waals surface area contributed by atoms with E-state index in [9.17, 15) is 4.79 Å². The minimum absolute atomic E-state index is 0.407. The van der Waals surface area contributed by atoms with Crippen molar-refractivity contribution in [1.82, 2.24) is 0 Å². The second-order valence-corrected chi connectivity index (χ2v) is 3.84. The van der Waals surface area contributed by atoms with Gasteiger partial charge in [0.25, 0.3) is 0 Å². The van der Waals surface area contributed by atoms with Crippen LogP contribution < -0.4 is 4.90 Å². The van der Waals surface area contributed by atoms with Crippen molar-refractivity contribution in [2.24, 2.45) is 0 Å². The van der Waals surface area contributed by atoms with Crippen molar-refractivity contribution < 1.29 is 9.21 Å². The Hall–Kier alpha value is -1.25. The minimum Gasteiger partial charge on any atom is -0.438 e. The fraction of sp³-hybridized carbons (Fsp3) is 0.545. The molecule has 0 N–H and O–H groups in total. The lowest BCUT2D eigenvalue weighted by atomic mass is 10.2. The summed E-state index contributed by atoms with van der Waals surface area (Å²) in [4.78, 5) is 12.6. The number of aldehydes is 1. The van der Waals surface area contributed by atoms with Crippen LogP contribution in [0.5, 0.6) is 0 Å². The molecule has 0 amide bonds. The van der Waals surface area contributed by atoms with Crippen molar-refractivity contribution >= 4 is 12.2 Å². The first-order valence-electron chi connectivity index (χ1n) is 5.09. The van der Waals surface area contributed by atoms with E-state index in [0.717, 1.165) is 12.2 Å². The quantitative estimate of drug-likeness (QED) is 0.691. The highest BCUT2D eigenvalue weighted by Gasteiger charge is 2.21. The van der Waals surface area contributed by atoms with Gasteiger partial charge in [0.2, 0.25) is 0 Å². The van der Waals surface area contributed by atoms with Gasteiger partial charge in [-0.25, -0.2) is 0 Å². The zero-order valence-electron chi connectivity index (χ0n) is 8.40. The molecule has 0 bridgehead atoms. The predicted octanol–water partition coefficient (Wildman–Crippen LogP) is 2.47. The molecule has 1 saturated carbocycles. The van der Waals surface area contributed by atoms with Gasteiger partial charge in [-0.3, -0.25) is 4.79 Å². The average Bonchev–Trinajstić information content (AvgIpc) is 2.88. The Bertz CT molecular complexity index is 313. The third-order valence-corrected chi connectivity index (χ3v) is 2.95. The average molecular weight is 193 g/mol. The molecule has 0 unspecified atom stereocenters. The maximum absolute atomic E-state index is 10.5. The fourth-order valence-corrected chi connectivity index (χ4v) is 2.07. The number of furan rings is 1. The van der Waals surface area contributed by atoms with Gasteiger partial charge in [-0.1, -0.05) is 12.8 Å². The zero-order chi connectivity index (χ0) is 9.97. The summed E-state index contributed by atoms with van der Waals surface area (Å²) in [7, 11) is 2.03. The summed E-state index contributed by atoms with van der Waals surface area (Å²) in [5, 5.41) is 0. The second-order valence-electron chi connectivity index (χ2n) is 3.84. The zero-order valence-corrected chi connectivity index (χ0v) is 8.40. The minimum atomic E-state index is 0.407. The molecule has 2 rings (SSSR count). The highest BCUT2D eigenvalue weighted by molar-refractivity contribution is 5.71. The largest absolute Gasteiger partial charge is 0.438 e. The summed E-state index contributed by atoms with van der Waals surface area (Å²) in [6.45, 7) is 0. The van der Waals surface area contributed by atoms with Crippen LogP contribution in [0.2, 0.25) is 0 Å². The molecule has 0 saturated heterocycles. The van der Waals surface area contributed by atoms with Crippen molar-refractivity contribution in [1.29, 1.82) is 0 Å². The fourth-order valence-electron chi connectivity index (χ4n) is 2.07. The van der Waals surface area contributed by atoms with Crippen LogP contribution in [-0.4, -0.2) is 19.4 Å². The van der Waals surface area contributed by atoms with Crippen molar-refractivity contribution in [3.05, 3.63) is 17.9 Å². The van der Waals surface area contributed by atoms with Gasteiger partial charge in [-0.05, 0) is 18.9 Å². The number of hydrogen-bond acceptors (Lipinski definition) is 3. The monoisotopic (exact) mass is 193 g/mol. The molecular formula is C11H15NO2. The summed E-state index contributed by atoms with van der Waals surface area (Å²) >= 11 is 0. The molecule has 1 fully saturated rings. The molecule has 76 valence electrons. The van der Waals surface area contributed by atoms with E-state index in [1.807, 2.05) is 13.1 Å². The topological polar surface area (TPSA) is 33.5 Å². The first-order chi connectivity index (χ1) is 6.81. The van der Waals surface area contributed by atoms with Gasteiger partial charge in [0.05, 0.1) is 0 Å². The van der Waals surface area contributed by atoms with Crippen molar-refractivity contribution in [3.8, 4) is 0 Å². The van der Waals surface area contributed by atoms with E-state index in [0.29, 0.717) is 11.8 Å². The van der Waals surface area contributed by atoms with Crippen LogP contribution in [0.25, 0.3) is 0 Å². The number of hydrogen-bond donors (Lipinski definition) is 0. The molecule has 0 spiro atoms. The Labute approximate surface area is 83.7 Å². The number of carbonyl (C=O) groups excluding carboxylic acids is 1. The lowest BCUT2D eigenvalue weighted by Crippen LogP contribution is -2.28. The molecule has 3 nitrogen and oxygen atoms in total. The van der Waals surface area contributed by atoms with Gasteiger partial charge >= 0.3 is 0 Å². The molecule has 1 aromatic rings. The molecule has 0 atom stereocenters. The Morgan fingerprint density at radius 3 is 2.71 bits per heavy atom. The van der Waals surface area contributed by atoms with E-state index in [1.165, 1.54) is 25.7 Å². The summed E-state index contributed by atoms with van der Waals surface area (Å²) in [5.74, 6) is 1.21. The molecule has 0 radical (unpaired) electrons. The first kappa shape index (κ1) is 9.31. The van der Waals surface area contributed by atoms with Crippen LogP contribution in [0.3, 0.4) is 0 Å². The second kappa shape index (κ2) is 3.86. The summed E-state index contributed by atoms with van der Waals surface area (Å²) in [5.41, 5.74) is 0. The van der Waals surface area contributed by atoms with E-state index in [4.69, 9.17) is 4.42 Å². The van der Waals surface area contributed by atoms with Gasteiger partial charge in [0.15, 0.2) is 17.9 Å². The Kier molecular flexibility index (Phi) is 2.57. The van der Waals surface area contributed by atoms with Crippen molar-refractivity contribution in [2.75, 3.05) is 11.9 Å². The van der Waals surface area contributed by atoms with Gasteiger partial charge < -0.3 is 9.32 Å². The van der Waals surface area contributed by atoms with Crippen LogP contribution >= 0.6 is 0 Å². The van der Waals surface area contributed by atoms with E-state index in [-0.39, 0.29) is 0 Å². The molecule has 1 aromatic heterocycles. The molecule has 14 heavy (non-hydrogen) atoms. The van der Waals surface area contributed by atoms with Crippen molar-refractivity contribution in [3.63, 3.8) is 0 Å². The van der Waals surface area contributed by atoms with Gasteiger partial charge in [0, 0.05) is 19.2 Å². The molecule has 1 aliphatic rings. The lowest BCUT2D eigenvalue weighted by Gasteiger charge is -2.23. The van der Waals surface area contributed by atoms with Crippen LogP contribution in [0.15, 0.2) is 16.5 Å². The van der Waals surface area contributed by atoms with E-state index in [1.54, 1.807) is 6.07 Å².